The average molecular weight is 587 g/mol. The fourth-order valence-corrected chi connectivity index (χ4v) is 5.52. The second-order valence-electron chi connectivity index (χ2n) is 9.24. The van der Waals surface area contributed by atoms with Gasteiger partial charge in [0.15, 0.2) is 0 Å². The number of nitro benzene ring substituents is 1. The fourth-order valence-electron chi connectivity index (χ4n) is 3.87. The predicted molar refractivity (Wildman–Crippen MR) is 153 cm³/mol. The predicted octanol–water partition coefficient (Wildman–Crippen LogP) is 4.78. The zero-order chi connectivity index (χ0) is 29.4. The van der Waals surface area contributed by atoms with Crippen LogP contribution < -0.4 is 9.62 Å². The molecule has 0 saturated carbocycles. The number of anilines is 1. The number of carbonyl (C=O) groups is 2. The van der Waals surface area contributed by atoms with Gasteiger partial charge in [-0.05, 0) is 62.2 Å². The first-order valence-corrected chi connectivity index (χ1v) is 14.4. The number of rotatable bonds is 12. The van der Waals surface area contributed by atoms with Gasteiger partial charge in [-0.2, -0.15) is 0 Å². The Balaban J connectivity index is 2.03. The van der Waals surface area contributed by atoms with Crippen molar-refractivity contribution in [1.82, 2.24) is 10.2 Å². The van der Waals surface area contributed by atoms with Crippen LogP contribution in [0.25, 0.3) is 0 Å². The van der Waals surface area contributed by atoms with Gasteiger partial charge in [0.2, 0.25) is 11.8 Å². The van der Waals surface area contributed by atoms with Crippen molar-refractivity contribution in [2.24, 2.45) is 0 Å². The van der Waals surface area contributed by atoms with E-state index < -0.39 is 39.3 Å². The van der Waals surface area contributed by atoms with Crippen molar-refractivity contribution in [2.75, 3.05) is 10.8 Å². The van der Waals surface area contributed by atoms with Gasteiger partial charge in [0.25, 0.3) is 15.7 Å². The van der Waals surface area contributed by atoms with E-state index in [1.807, 2.05) is 13.8 Å². The molecule has 1 N–H and O–H groups in total. The lowest BCUT2D eigenvalue weighted by Crippen LogP contribution is -2.52. The van der Waals surface area contributed by atoms with E-state index in [4.69, 9.17) is 11.6 Å². The summed E-state index contributed by atoms with van der Waals surface area (Å²) in [6, 6.07) is 18.1. The van der Waals surface area contributed by atoms with Gasteiger partial charge in [0.05, 0.1) is 15.5 Å². The van der Waals surface area contributed by atoms with Crippen molar-refractivity contribution < 1.29 is 22.9 Å². The number of non-ortho nitro benzene ring substituents is 1. The van der Waals surface area contributed by atoms with Crippen LogP contribution in [0.1, 0.15) is 32.8 Å². The van der Waals surface area contributed by atoms with Crippen molar-refractivity contribution >= 4 is 44.8 Å². The van der Waals surface area contributed by atoms with Gasteiger partial charge < -0.3 is 10.2 Å². The number of nitro groups is 1. The Morgan fingerprint density at radius 3 is 2.23 bits per heavy atom. The molecule has 0 spiro atoms. The summed E-state index contributed by atoms with van der Waals surface area (Å²) in [5, 5.41) is 14.5. The van der Waals surface area contributed by atoms with Gasteiger partial charge in [-0.15, -0.1) is 0 Å². The van der Waals surface area contributed by atoms with Crippen molar-refractivity contribution in [1.29, 1.82) is 0 Å². The molecule has 0 heterocycles. The summed E-state index contributed by atoms with van der Waals surface area (Å²) in [4.78, 5) is 38.7. The smallest absolute Gasteiger partial charge is 0.269 e. The summed E-state index contributed by atoms with van der Waals surface area (Å²) in [7, 11) is -4.27. The molecule has 0 aliphatic rings. The van der Waals surface area contributed by atoms with Gasteiger partial charge in [-0.25, -0.2) is 8.42 Å². The summed E-state index contributed by atoms with van der Waals surface area (Å²) in [5.74, 6) is -1.04. The molecular weight excluding hydrogens is 556 g/mol. The molecule has 0 radical (unpaired) electrons. The molecule has 12 heteroatoms. The molecule has 0 saturated heterocycles. The summed E-state index contributed by atoms with van der Waals surface area (Å²) in [6.45, 7) is 4.67. The van der Waals surface area contributed by atoms with E-state index in [1.54, 1.807) is 49.4 Å². The third kappa shape index (κ3) is 7.57. The summed E-state index contributed by atoms with van der Waals surface area (Å²) in [5.41, 5.74) is 0.476. The largest absolute Gasteiger partial charge is 0.352 e. The number of hydrogen-bond acceptors (Lipinski definition) is 6. The van der Waals surface area contributed by atoms with E-state index in [1.165, 1.54) is 41.3 Å². The lowest BCUT2D eigenvalue weighted by molar-refractivity contribution is -0.384. The Labute approximate surface area is 238 Å². The zero-order valence-electron chi connectivity index (χ0n) is 22.4. The first-order valence-electron chi connectivity index (χ1n) is 12.6. The van der Waals surface area contributed by atoms with Crippen LogP contribution >= 0.6 is 11.6 Å². The molecule has 2 amide bonds. The summed E-state index contributed by atoms with van der Waals surface area (Å²) in [6.07, 6.45) is 0.684. The van der Waals surface area contributed by atoms with Gasteiger partial charge in [0, 0.05) is 29.7 Å². The molecular formula is C28H31ClN4O6S. The van der Waals surface area contributed by atoms with Crippen LogP contribution in [0.3, 0.4) is 0 Å². The molecule has 0 aromatic heterocycles. The number of hydrogen-bond donors (Lipinski definition) is 1. The van der Waals surface area contributed by atoms with Crippen LogP contribution in [-0.4, -0.2) is 48.7 Å². The lowest BCUT2D eigenvalue weighted by Gasteiger charge is -2.32. The Bertz CT molecular complexity index is 1450. The van der Waals surface area contributed by atoms with E-state index in [9.17, 15) is 28.1 Å². The Morgan fingerprint density at radius 1 is 1.00 bits per heavy atom. The molecule has 3 rings (SSSR count). The van der Waals surface area contributed by atoms with Crippen molar-refractivity contribution in [3.05, 3.63) is 99.6 Å². The van der Waals surface area contributed by atoms with Crippen LogP contribution in [0.2, 0.25) is 5.02 Å². The molecule has 3 aromatic carbocycles. The molecule has 2 atom stereocenters. The fraction of sp³-hybridized carbons (Fsp3) is 0.286. The summed E-state index contributed by atoms with van der Waals surface area (Å²) >= 11 is 6.15. The van der Waals surface area contributed by atoms with Crippen LogP contribution in [-0.2, 0) is 26.2 Å². The molecule has 0 fully saturated rings. The second-order valence-corrected chi connectivity index (χ2v) is 11.5. The monoisotopic (exact) mass is 586 g/mol. The zero-order valence-corrected chi connectivity index (χ0v) is 23.9. The second kappa shape index (κ2) is 13.4. The summed E-state index contributed by atoms with van der Waals surface area (Å²) < 4.78 is 28.3. The van der Waals surface area contributed by atoms with Crippen LogP contribution in [0, 0.1) is 10.1 Å². The van der Waals surface area contributed by atoms with E-state index in [-0.39, 0.29) is 28.9 Å². The highest BCUT2D eigenvalue weighted by Crippen LogP contribution is 2.26. The van der Waals surface area contributed by atoms with Gasteiger partial charge in [0.1, 0.15) is 12.6 Å². The maximum Gasteiger partial charge on any atom is 0.269 e. The number of nitrogens with one attached hydrogen (secondary N) is 1. The number of amides is 2. The highest BCUT2D eigenvalue weighted by molar-refractivity contribution is 7.92. The van der Waals surface area contributed by atoms with Crippen LogP contribution in [0.15, 0.2) is 83.8 Å². The first kappa shape index (κ1) is 30.6. The lowest BCUT2D eigenvalue weighted by atomic mass is 10.1. The van der Waals surface area contributed by atoms with E-state index in [0.29, 0.717) is 17.0 Å². The third-order valence-corrected chi connectivity index (χ3v) is 8.39. The quantitative estimate of drug-likeness (QED) is 0.240. The van der Waals surface area contributed by atoms with Crippen molar-refractivity contribution in [3.63, 3.8) is 0 Å². The van der Waals surface area contributed by atoms with E-state index in [0.717, 1.165) is 4.31 Å². The molecule has 0 aliphatic heterocycles. The molecule has 40 heavy (non-hydrogen) atoms. The Kier molecular flexibility index (Phi) is 10.2. The number of nitrogens with zero attached hydrogens (tertiary/aromatic N) is 3. The number of benzene rings is 3. The maximum atomic E-state index is 13.9. The number of halogens is 1. The van der Waals surface area contributed by atoms with E-state index in [2.05, 4.69) is 5.32 Å². The van der Waals surface area contributed by atoms with Gasteiger partial charge >= 0.3 is 0 Å². The SMILES string of the molecule is CC[C@H](C)NC(=O)[C@H](C)N(Cc1cccc(Cl)c1)C(=O)CN(c1ccc([N+](=O)[O-])cc1)S(=O)(=O)c1ccccc1. The minimum atomic E-state index is -4.27. The highest BCUT2D eigenvalue weighted by Gasteiger charge is 2.33. The topological polar surface area (TPSA) is 130 Å². The molecule has 0 bridgehead atoms. The molecule has 0 aliphatic carbocycles. The van der Waals surface area contributed by atoms with Gasteiger partial charge in [-0.1, -0.05) is 48.9 Å². The van der Waals surface area contributed by atoms with Crippen molar-refractivity contribution in [3.8, 4) is 0 Å². The number of sulfonamides is 1. The van der Waals surface area contributed by atoms with Crippen LogP contribution in [0.4, 0.5) is 11.4 Å². The highest BCUT2D eigenvalue weighted by atomic mass is 35.5. The van der Waals surface area contributed by atoms with Gasteiger partial charge in [-0.3, -0.25) is 24.0 Å². The Hall–Kier alpha value is -3.96. The first-order chi connectivity index (χ1) is 18.9. The molecule has 0 unspecified atom stereocenters. The normalized spacial score (nSPS) is 12.7. The molecule has 3 aromatic rings. The minimum Gasteiger partial charge on any atom is -0.352 e. The van der Waals surface area contributed by atoms with Crippen LogP contribution in [0.5, 0.6) is 0 Å². The third-order valence-electron chi connectivity index (χ3n) is 6.37. The minimum absolute atomic E-state index is 0.00598. The Morgan fingerprint density at radius 2 is 1.65 bits per heavy atom. The molecule has 10 nitrogen and oxygen atoms in total. The maximum absolute atomic E-state index is 13.9. The standard InChI is InChI=1S/C28H31ClN4O6S/c1-4-20(2)30-28(35)21(3)31(18-22-9-8-10-23(29)17-22)27(34)19-32(24-13-15-25(16-14-24)33(36)37)40(38,39)26-11-6-5-7-12-26/h5-17,20-21H,4,18-19H2,1-3H3,(H,30,35)/t20-,21-/m0/s1. The number of carbonyl (C=O) groups excluding carboxylic acids is 2. The van der Waals surface area contributed by atoms with Crippen molar-refractivity contribution in [2.45, 2.75) is 50.7 Å². The van der Waals surface area contributed by atoms with E-state index >= 15 is 0 Å². The molecule has 212 valence electrons. The average Bonchev–Trinajstić information content (AvgIpc) is 2.94.